The van der Waals surface area contributed by atoms with Gasteiger partial charge in [0, 0.05) is 12.8 Å². The van der Waals surface area contributed by atoms with Crippen molar-refractivity contribution in [3.63, 3.8) is 0 Å². The van der Waals surface area contributed by atoms with Crippen LogP contribution in [0.1, 0.15) is 194 Å². The van der Waals surface area contributed by atoms with E-state index in [-0.39, 0.29) is 19.4 Å². The van der Waals surface area contributed by atoms with E-state index in [9.17, 15) is 24.2 Å². The lowest BCUT2D eigenvalue weighted by Crippen LogP contribution is -2.29. The van der Waals surface area contributed by atoms with E-state index < -0.39 is 51.8 Å². The molecule has 0 rings (SSSR count). The topological polar surface area (TPSA) is 149 Å². The molecule has 0 aromatic rings. The third-order valence-electron chi connectivity index (χ3n) is 9.64. The zero-order chi connectivity index (χ0) is 43.3. The highest BCUT2D eigenvalue weighted by Crippen LogP contribution is 2.43. The molecule has 0 saturated carbocycles. The minimum absolute atomic E-state index is 0.159. The van der Waals surface area contributed by atoms with Gasteiger partial charge in [0.15, 0.2) is 6.10 Å². The fraction of sp³-hybridized carbons (Fsp3) is 0.750. The molecule has 0 aliphatic rings. The number of phosphoric ester groups is 1. The number of aliphatic hydroxyl groups excluding tert-OH is 2. The highest BCUT2D eigenvalue weighted by atomic mass is 31.2. The van der Waals surface area contributed by atoms with Crippen LogP contribution in [0, 0.1) is 0 Å². The third-order valence-corrected chi connectivity index (χ3v) is 10.6. The molecule has 0 aliphatic carbocycles. The van der Waals surface area contributed by atoms with Gasteiger partial charge in [-0.15, -0.1) is 0 Å². The van der Waals surface area contributed by atoms with Gasteiger partial charge in [-0.3, -0.25) is 18.6 Å². The van der Waals surface area contributed by atoms with Crippen LogP contribution >= 0.6 is 7.82 Å². The van der Waals surface area contributed by atoms with Crippen LogP contribution in [0.2, 0.25) is 0 Å². The van der Waals surface area contributed by atoms with Crippen molar-refractivity contribution < 1.29 is 47.8 Å². The number of aliphatic hydroxyl groups is 2. The van der Waals surface area contributed by atoms with Crippen LogP contribution in [0.3, 0.4) is 0 Å². The Morgan fingerprint density at radius 3 is 1.37 bits per heavy atom. The maximum Gasteiger partial charge on any atom is 0.472 e. The summed E-state index contributed by atoms with van der Waals surface area (Å²) in [5, 5.41) is 18.4. The second kappa shape index (κ2) is 43.7. The molecule has 0 aliphatic heterocycles. The lowest BCUT2D eigenvalue weighted by atomic mass is 10.1. The van der Waals surface area contributed by atoms with Gasteiger partial charge in [0.05, 0.1) is 19.8 Å². The van der Waals surface area contributed by atoms with E-state index in [0.717, 1.165) is 89.9 Å². The average molecular weight is 853 g/mol. The Bertz CT molecular complexity index is 1160. The quantitative estimate of drug-likeness (QED) is 0.0234. The van der Waals surface area contributed by atoms with E-state index in [1.807, 2.05) is 0 Å². The van der Waals surface area contributed by atoms with Gasteiger partial charge in [0.1, 0.15) is 12.7 Å². The summed E-state index contributed by atoms with van der Waals surface area (Å²) in [5.74, 6) is -0.957. The first-order chi connectivity index (χ1) is 28.7. The summed E-state index contributed by atoms with van der Waals surface area (Å²) in [6.07, 6.45) is 48.9. The van der Waals surface area contributed by atoms with Gasteiger partial charge in [0.25, 0.3) is 0 Å². The Kier molecular flexibility index (Phi) is 42.0. The number of carbonyl (C=O) groups excluding carboxylic acids is 2. The average Bonchev–Trinajstić information content (AvgIpc) is 3.22. The van der Waals surface area contributed by atoms with Crippen molar-refractivity contribution in [3.8, 4) is 0 Å². The molecule has 3 N–H and O–H groups in total. The molecule has 0 aromatic heterocycles. The first-order valence-electron chi connectivity index (χ1n) is 23.2. The number of unbranched alkanes of at least 4 members (excludes halogenated alkanes) is 19. The fourth-order valence-electron chi connectivity index (χ4n) is 6.03. The van der Waals surface area contributed by atoms with E-state index in [2.05, 4.69) is 74.6 Å². The first kappa shape index (κ1) is 56.7. The molecule has 0 spiro atoms. The Hall–Kier alpha value is -2.33. The summed E-state index contributed by atoms with van der Waals surface area (Å²) in [6, 6.07) is 0. The molecule has 10 nitrogen and oxygen atoms in total. The van der Waals surface area contributed by atoms with Gasteiger partial charge in [-0.2, -0.15) is 0 Å². The van der Waals surface area contributed by atoms with Gasteiger partial charge in [0.2, 0.25) is 0 Å². The molecule has 0 saturated heterocycles. The third kappa shape index (κ3) is 43.6. The molecule has 3 atom stereocenters. The van der Waals surface area contributed by atoms with Crippen molar-refractivity contribution in [1.29, 1.82) is 0 Å². The highest BCUT2D eigenvalue weighted by Gasteiger charge is 2.27. The summed E-state index contributed by atoms with van der Waals surface area (Å²) in [4.78, 5) is 35.1. The highest BCUT2D eigenvalue weighted by molar-refractivity contribution is 7.47. The van der Waals surface area contributed by atoms with Crippen LogP contribution in [0.25, 0.3) is 0 Å². The van der Waals surface area contributed by atoms with Crippen LogP contribution < -0.4 is 0 Å². The van der Waals surface area contributed by atoms with Crippen LogP contribution in [0.15, 0.2) is 60.8 Å². The number of hydrogen-bond donors (Lipinski definition) is 3. The van der Waals surface area contributed by atoms with Gasteiger partial charge in [-0.25, -0.2) is 4.57 Å². The molecular formula is C48H85O10P. The molecule has 1 unspecified atom stereocenters. The molecule has 0 bridgehead atoms. The van der Waals surface area contributed by atoms with Crippen LogP contribution in [-0.4, -0.2) is 65.7 Å². The summed E-state index contributed by atoms with van der Waals surface area (Å²) >= 11 is 0. The predicted molar refractivity (Wildman–Crippen MR) is 242 cm³/mol. The zero-order valence-electron chi connectivity index (χ0n) is 37.2. The lowest BCUT2D eigenvalue weighted by Gasteiger charge is -2.20. The number of carbonyl (C=O) groups is 2. The van der Waals surface area contributed by atoms with Crippen LogP contribution in [0.4, 0.5) is 0 Å². The summed E-state index contributed by atoms with van der Waals surface area (Å²) in [6.45, 7) is 2.32. The van der Waals surface area contributed by atoms with Crippen LogP contribution in [-0.2, 0) is 32.7 Å². The minimum atomic E-state index is -4.63. The number of ether oxygens (including phenoxy) is 2. The van der Waals surface area contributed by atoms with Crippen molar-refractivity contribution >= 4 is 19.8 Å². The monoisotopic (exact) mass is 853 g/mol. The van der Waals surface area contributed by atoms with Crippen molar-refractivity contribution in [3.05, 3.63) is 60.8 Å². The van der Waals surface area contributed by atoms with Gasteiger partial charge in [-0.05, 0) is 83.5 Å². The normalized spacial score (nSPS) is 14.3. The van der Waals surface area contributed by atoms with Crippen LogP contribution in [0.5, 0.6) is 0 Å². The summed E-state index contributed by atoms with van der Waals surface area (Å²) in [5.41, 5.74) is 0. The van der Waals surface area contributed by atoms with Crippen molar-refractivity contribution in [2.24, 2.45) is 0 Å². The predicted octanol–water partition coefficient (Wildman–Crippen LogP) is 12.7. The second-order valence-electron chi connectivity index (χ2n) is 15.4. The van der Waals surface area contributed by atoms with Crippen molar-refractivity contribution in [1.82, 2.24) is 0 Å². The minimum Gasteiger partial charge on any atom is -0.462 e. The molecule has 0 heterocycles. The van der Waals surface area contributed by atoms with Gasteiger partial charge < -0.3 is 24.6 Å². The second-order valence-corrected chi connectivity index (χ2v) is 16.9. The Morgan fingerprint density at radius 2 is 0.881 bits per heavy atom. The summed E-state index contributed by atoms with van der Waals surface area (Å²) in [7, 11) is -4.63. The standard InChI is InChI=1S/C48H85O10P/c1-3-5-7-9-11-13-15-17-19-20-21-22-23-24-26-28-30-32-34-36-38-40-48(52)58-46(44-57-59(53,54)56-42-45(50)41-49)43-55-47(51)39-37-35-33-31-29-27-25-18-16-14-12-10-8-6-4-2/h11,13,17-19,21-22,24-26,45-46,49-50H,3-10,12,14-16,20,23,27-44H2,1-2H3,(H,53,54)/b13-11-,19-17-,22-21-,25-18-,26-24-/t45-,46+/m0/s1. The van der Waals surface area contributed by atoms with E-state index in [4.69, 9.17) is 23.6 Å². The Morgan fingerprint density at radius 1 is 0.508 bits per heavy atom. The van der Waals surface area contributed by atoms with Crippen molar-refractivity contribution in [2.45, 2.75) is 206 Å². The molecular weight excluding hydrogens is 767 g/mol. The molecule has 0 radical (unpaired) electrons. The number of esters is 2. The maximum atomic E-state index is 12.6. The van der Waals surface area contributed by atoms with Crippen molar-refractivity contribution in [2.75, 3.05) is 26.4 Å². The molecule has 0 amide bonds. The first-order valence-corrected chi connectivity index (χ1v) is 24.7. The lowest BCUT2D eigenvalue weighted by molar-refractivity contribution is -0.161. The largest absolute Gasteiger partial charge is 0.472 e. The van der Waals surface area contributed by atoms with Gasteiger partial charge in [-0.1, -0.05) is 158 Å². The fourth-order valence-corrected chi connectivity index (χ4v) is 6.82. The summed E-state index contributed by atoms with van der Waals surface area (Å²) < 4.78 is 32.7. The van der Waals surface area contributed by atoms with E-state index in [1.165, 1.54) is 64.2 Å². The number of phosphoric acid groups is 1. The molecule has 59 heavy (non-hydrogen) atoms. The Labute approximate surface area is 359 Å². The maximum absolute atomic E-state index is 12.6. The molecule has 342 valence electrons. The molecule has 0 fully saturated rings. The number of hydrogen-bond acceptors (Lipinski definition) is 9. The smallest absolute Gasteiger partial charge is 0.462 e. The Balaban J connectivity index is 4.32. The molecule has 11 heteroatoms. The van der Waals surface area contributed by atoms with E-state index >= 15 is 0 Å². The molecule has 0 aromatic carbocycles. The van der Waals surface area contributed by atoms with E-state index in [0.29, 0.717) is 12.8 Å². The van der Waals surface area contributed by atoms with E-state index in [1.54, 1.807) is 0 Å². The SMILES string of the molecule is CCCCC/C=C\C/C=C\C/C=C\C/C=C\CCCCCCCC(=O)O[C@H](COC(=O)CCCCCCC/C=C\CCCCCCCC)COP(=O)(O)OC[C@@H](O)CO. The zero-order valence-corrected chi connectivity index (χ0v) is 38.1. The van der Waals surface area contributed by atoms with Gasteiger partial charge >= 0.3 is 19.8 Å². The number of rotatable bonds is 43. The number of allylic oxidation sites excluding steroid dienone is 10.